The van der Waals surface area contributed by atoms with Crippen LogP contribution >= 0.6 is 0 Å². The van der Waals surface area contributed by atoms with Crippen LogP contribution in [0.1, 0.15) is 26.7 Å². The predicted molar refractivity (Wildman–Crippen MR) is 47.3 cm³/mol. The van der Waals surface area contributed by atoms with Gasteiger partial charge in [-0.1, -0.05) is 19.1 Å². The minimum absolute atomic E-state index is 0.332. The fourth-order valence-electron chi connectivity index (χ4n) is 2.19. The van der Waals surface area contributed by atoms with E-state index in [0.717, 1.165) is 0 Å². The Bertz CT molecular complexity index is 151. The van der Waals surface area contributed by atoms with Crippen LogP contribution in [0.4, 0.5) is 0 Å². The van der Waals surface area contributed by atoms with Crippen molar-refractivity contribution in [3.05, 3.63) is 12.2 Å². The van der Waals surface area contributed by atoms with Crippen molar-refractivity contribution in [3.63, 3.8) is 0 Å². The fourth-order valence-corrected chi connectivity index (χ4v) is 2.19. The maximum atomic E-state index is 9.11. The fraction of sp³-hybridized carbons (Fsp3) is 0.800. The summed E-state index contributed by atoms with van der Waals surface area (Å²) < 4.78 is 0. The average molecular weight is 154 g/mol. The van der Waals surface area contributed by atoms with Crippen molar-refractivity contribution < 1.29 is 5.11 Å². The zero-order chi connectivity index (χ0) is 8.43. The lowest BCUT2D eigenvalue weighted by Gasteiger charge is -2.20. The first-order chi connectivity index (χ1) is 5.16. The summed E-state index contributed by atoms with van der Waals surface area (Å²) >= 11 is 0. The van der Waals surface area contributed by atoms with Crippen molar-refractivity contribution in [2.24, 2.45) is 17.8 Å². The summed E-state index contributed by atoms with van der Waals surface area (Å²) in [5.41, 5.74) is 1.24. The first kappa shape index (κ1) is 8.79. The smallest absolute Gasteiger partial charge is 0.0467 e. The lowest BCUT2D eigenvalue weighted by atomic mass is 9.87. The summed E-state index contributed by atoms with van der Waals surface area (Å²) in [6.07, 6.45) is 2.48. The molecular weight excluding hydrogens is 136 g/mol. The Kier molecular flexibility index (Phi) is 2.72. The summed E-state index contributed by atoms with van der Waals surface area (Å²) in [4.78, 5) is 0. The molecule has 1 heteroatoms. The molecule has 1 saturated carbocycles. The van der Waals surface area contributed by atoms with Crippen LogP contribution in [0.15, 0.2) is 12.2 Å². The van der Waals surface area contributed by atoms with E-state index in [9.17, 15) is 0 Å². The maximum absolute atomic E-state index is 9.11. The van der Waals surface area contributed by atoms with Crippen molar-refractivity contribution in [3.8, 4) is 0 Å². The maximum Gasteiger partial charge on any atom is 0.0467 e. The van der Waals surface area contributed by atoms with Crippen molar-refractivity contribution in [1.82, 2.24) is 0 Å². The molecule has 64 valence electrons. The molecule has 1 rings (SSSR count). The lowest BCUT2D eigenvalue weighted by molar-refractivity contribution is 0.178. The van der Waals surface area contributed by atoms with E-state index in [1.54, 1.807) is 0 Å². The molecule has 0 heterocycles. The van der Waals surface area contributed by atoms with Gasteiger partial charge in [-0.05, 0) is 37.5 Å². The van der Waals surface area contributed by atoms with Crippen LogP contribution in [0.25, 0.3) is 0 Å². The molecule has 1 N–H and O–H groups in total. The van der Waals surface area contributed by atoms with Gasteiger partial charge in [0.15, 0.2) is 0 Å². The number of hydrogen-bond donors (Lipinski definition) is 1. The van der Waals surface area contributed by atoms with E-state index >= 15 is 0 Å². The van der Waals surface area contributed by atoms with E-state index in [-0.39, 0.29) is 0 Å². The molecule has 0 aromatic carbocycles. The quantitative estimate of drug-likeness (QED) is 0.605. The van der Waals surface area contributed by atoms with Gasteiger partial charge < -0.3 is 5.11 Å². The topological polar surface area (TPSA) is 20.2 Å². The highest BCUT2D eigenvalue weighted by molar-refractivity contribution is 5.03. The molecule has 1 unspecified atom stereocenters. The number of allylic oxidation sites excluding steroid dienone is 1. The molecule has 0 bridgehead atoms. The van der Waals surface area contributed by atoms with Crippen LogP contribution in [-0.4, -0.2) is 11.7 Å². The van der Waals surface area contributed by atoms with E-state index in [0.29, 0.717) is 24.4 Å². The third-order valence-corrected chi connectivity index (χ3v) is 3.02. The van der Waals surface area contributed by atoms with Crippen LogP contribution in [-0.2, 0) is 0 Å². The molecule has 0 saturated heterocycles. The Labute approximate surface area is 69.1 Å². The number of aliphatic hydroxyl groups excluding tert-OH is 1. The largest absolute Gasteiger partial charge is 0.396 e. The summed E-state index contributed by atoms with van der Waals surface area (Å²) in [6.45, 7) is 8.59. The third-order valence-electron chi connectivity index (χ3n) is 3.02. The van der Waals surface area contributed by atoms with Crippen LogP contribution in [0, 0.1) is 17.8 Å². The Morgan fingerprint density at radius 3 is 2.55 bits per heavy atom. The number of hydrogen-bond acceptors (Lipinski definition) is 1. The number of aliphatic hydroxyl groups is 1. The first-order valence-electron chi connectivity index (χ1n) is 4.43. The van der Waals surface area contributed by atoms with E-state index < -0.39 is 0 Å². The molecule has 1 nitrogen and oxygen atoms in total. The second kappa shape index (κ2) is 3.40. The highest BCUT2D eigenvalue weighted by Crippen LogP contribution is 2.39. The monoisotopic (exact) mass is 154 g/mol. The van der Waals surface area contributed by atoms with Gasteiger partial charge in [-0.3, -0.25) is 0 Å². The molecule has 1 aliphatic rings. The van der Waals surface area contributed by atoms with Crippen molar-refractivity contribution in [2.75, 3.05) is 6.61 Å². The van der Waals surface area contributed by atoms with Crippen LogP contribution in [0.5, 0.6) is 0 Å². The molecular formula is C10H18O. The highest BCUT2D eigenvalue weighted by atomic mass is 16.3. The molecule has 1 aliphatic carbocycles. The second-order valence-corrected chi connectivity index (χ2v) is 3.85. The van der Waals surface area contributed by atoms with E-state index in [2.05, 4.69) is 20.4 Å². The van der Waals surface area contributed by atoms with Gasteiger partial charge in [-0.25, -0.2) is 0 Å². The van der Waals surface area contributed by atoms with Gasteiger partial charge in [0.05, 0.1) is 0 Å². The lowest BCUT2D eigenvalue weighted by Crippen LogP contribution is -2.17. The average Bonchev–Trinajstić information content (AvgIpc) is 2.30. The van der Waals surface area contributed by atoms with E-state index in [1.165, 1.54) is 18.4 Å². The zero-order valence-corrected chi connectivity index (χ0v) is 7.51. The van der Waals surface area contributed by atoms with Gasteiger partial charge in [0.1, 0.15) is 0 Å². The van der Waals surface area contributed by atoms with Crippen molar-refractivity contribution in [1.29, 1.82) is 0 Å². The standard InChI is InChI=1S/C10H18O/c1-7(2)9-5-4-8(3)10(9)6-11/h8-11H,1,4-6H2,2-3H3/t8-,9-,10?/m1/s1. The Morgan fingerprint density at radius 1 is 1.55 bits per heavy atom. The molecule has 0 spiro atoms. The van der Waals surface area contributed by atoms with Gasteiger partial charge in [0.25, 0.3) is 0 Å². The minimum atomic E-state index is 0.332. The van der Waals surface area contributed by atoms with Gasteiger partial charge >= 0.3 is 0 Å². The molecule has 0 aromatic heterocycles. The molecule has 0 aliphatic heterocycles. The van der Waals surface area contributed by atoms with Crippen LogP contribution in [0.3, 0.4) is 0 Å². The Balaban J connectivity index is 2.61. The van der Waals surface area contributed by atoms with E-state index in [4.69, 9.17) is 5.11 Å². The predicted octanol–water partition coefficient (Wildman–Crippen LogP) is 2.22. The summed E-state index contributed by atoms with van der Waals surface area (Å²) in [5.74, 6) is 1.74. The summed E-state index contributed by atoms with van der Waals surface area (Å²) in [5, 5.41) is 9.11. The molecule has 1 fully saturated rings. The van der Waals surface area contributed by atoms with Gasteiger partial charge in [0.2, 0.25) is 0 Å². The van der Waals surface area contributed by atoms with Gasteiger partial charge in [0, 0.05) is 6.61 Å². The molecule has 0 aromatic rings. The molecule has 11 heavy (non-hydrogen) atoms. The highest BCUT2D eigenvalue weighted by Gasteiger charge is 2.32. The SMILES string of the molecule is C=C(C)[C@H]1CC[C@@H](C)C1CO. The zero-order valence-electron chi connectivity index (χ0n) is 7.51. The molecule has 0 amide bonds. The van der Waals surface area contributed by atoms with Crippen molar-refractivity contribution in [2.45, 2.75) is 26.7 Å². The minimum Gasteiger partial charge on any atom is -0.396 e. The van der Waals surface area contributed by atoms with Crippen LogP contribution in [0.2, 0.25) is 0 Å². The third kappa shape index (κ3) is 1.64. The Hall–Kier alpha value is -0.300. The summed E-state index contributed by atoms with van der Waals surface area (Å²) in [7, 11) is 0. The number of rotatable bonds is 2. The second-order valence-electron chi connectivity index (χ2n) is 3.85. The van der Waals surface area contributed by atoms with Gasteiger partial charge in [-0.15, -0.1) is 0 Å². The van der Waals surface area contributed by atoms with E-state index in [1.807, 2.05) is 0 Å². The normalized spacial score (nSPS) is 37.5. The van der Waals surface area contributed by atoms with Crippen LogP contribution < -0.4 is 0 Å². The summed E-state index contributed by atoms with van der Waals surface area (Å²) in [6, 6.07) is 0. The van der Waals surface area contributed by atoms with Crippen molar-refractivity contribution >= 4 is 0 Å². The van der Waals surface area contributed by atoms with Gasteiger partial charge in [-0.2, -0.15) is 0 Å². The first-order valence-corrected chi connectivity index (χ1v) is 4.43. The Morgan fingerprint density at radius 2 is 2.18 bits per heavy atom. The molecule has 3 atom stereocenters. The molecule has 0 radical (unpaired) electrons.